The van der Waals surface area contributed by atoms with Crippen LogP contribution in [-0.4, -0.2) is 5.78 Å². The Labute approximate surface area is 100 Å². The van der Waals surface area contributed by atoms with Crippen LogP contribution in [0, 0.1) is 11.3 Å². The summed E-state index contributed by atoms with van der Waals surface area (Å²) in [4.78, 5) is 11.5. The van der Waals surface area contributed by atoms with Gasteiger partial charge in [0.25, 0.3) is 0 Å². The Morgan fingerprint density at radius 3 is 2.38 bits per heavy atom. The van der Waals surface area contributed by atoms with E-state index in [1.165, 1.54) is 31.3 Å². The molecule has 0 aliphatic heterocycles. The van der Waals surface area contributed by atoms with Crippen molar-refractivity contribution < 1.29 is 4.79 Å². The van der Waals surface area contributed by atoms with Gasteiger partial charge in [0, 0.05) is 12.8 Å². The SMILES string of the molecule is C=C(CC1CCCC1)C(C)(C)CC(=O)CC. The number of Topliss-reactive ketones (excluding diaryl/α,β-unsaturated/α-hetero) is 1. The van der Waals surface area contributed by atoms with E-state index in [1.807, 2.05) is 6.92 Å². The van der Waals surface area contributed by atoms with E-state index in [1.54, 1.807) is 0 Å². The smallest absolute Gasteiger partial charge is 0.133 e. The minimum Gasteiger partial charge on any atom is -0.300 e. The van der Waals surface area contributed by atoms with Crippen molar-refractivity contribution in [3.63, 3.8) is 0 Å². The lowest BCUT2D eigenvalue weighted by Gasteiger charge is -2.28. The van der Waals surface area contributed by atoms with E-state index in [-0.39, 0.29) is 5.41 Å². The fraction of sp³-hybridized carbons (Fsp3) is 0.800. The first-order valence-corrected chi connectivity index (χ1v) is 6.65. The second kappa shape index (κ2) is 5.65. The standard InChI is InChI=1S/C15H26O/c1-5-14(16)11-15(3,4)12(2)10-13-8-6-7-9-13/h13H,2,5-11H2,1,3-4H3. The zero-order valence-electron chi connectivity index (χ0n) is 11.1. The first kappa shape index (κ1) is 13.5. The number of hydrogen-bond acceptors (Lipinski definition) is 1. The molecule has 0 atom stereocenters. The van der Waals surface area contributed by atoms with Gasteiger partial charge in [-0.15, -0.1) is 0 Å². The lowest BCUT2D eigenvalue weighted by Crippen LogP contribution is -2.20. The predicted octanol–water partition coefficient (Wildman–Crippen LogP) is 4.52. The number of rotatable bonds is 6. The zero-order valence-corrected chi connectivity index (χ0v) is 11.1. The molecule has 0 bridgehead atoms. The maximum atomic E-state index is 11.5. The van der Waals surface area contributed by atoms with Crippen molar-refractivity contribution in [2.75, 3.05) is 0 Å². The molecular weight excluding hydrogens is 196 g/mol. The molecule has 1 aliphatic carbocycles. The predicted molar refractivity (Wildman–Crippen MR) is 69.4 cm³/mol. The summed E-state index contributed by atoms with van der Waals surface area (Å²) in [5.41, 5.74) is 1.27. The quantitative estimate of drug-likeness (QED) is 0.604. The molecule has 0 aromatic heterocycles. The van der Waals surface area contributed by atoms with Crippen LogP contribution in [0.1, 0.15) is 65.7 Å². The number of carbonyl (C=O) groups is 1. The second-order valence-electron chi connectivity index (χ2n) is 5.91. The van der Waals surface area contributed by atoms with E-state index in [0.717, 1.165) is 12.3 Å². The van der Waals surface area contributed by atoms with Gasteiger partial charge in [-0.1, -0.05) is 58.6 Å². The van der Waals surface area contributed by atoms with Crippen LogP contribution in [0.4, 0.5) is 0 Å². The summed E-state index contributed by atoms with van der Waals surface area (Å²) in [7, 11) is 0. The molecular formula is C15H26O. The van der Waals surface area contributed by atoms with Crippen molar-refractivity contribution in [2.45, 2.75) is 65.7 Å². The van der Waals surface area contributed by atoms with Crippen molar-refractivity contribution in [3.8, 4) is 0 Å². The Morgan fingerprint density at radius 1 is 1.31 bits per heavy atom. The molecule has 0 aromatic carbocycles. The van der Waals surface area contributed by atoms with Gasteiger partial charge >= 0.3 is 0 Å². The van der Waals surface area contributed by atoms with Gasteiger partial charge in [0.15, 0.2) is 0 Å². The maximum Gasteiger partial charge on any atom is 0.133 e. The molecule has 0 spiro atoms. The molecule has 16 heavy (non-hydrogen) atoms. The van der Waals surface area contributed by atoms with Crippen LogP contribution >= 0.6 is 0 Å². The van der Waals surface area contributed by atoms with Crippen molar-refractivity contribution in [2.24, 2.45) is 11.3 Å². The van der Waals surface area contributed by atoms with E-state index in [0.29, 0.717) is 18.6 Å². The fourth-order valence-corrected chi connectivity index (χ4v) is 2.58. The van der Waals surface area contributed by atoms with Gasteiger partial charge in [-0.2, -0.15) is 0 Å². The van der Waals surface area contributed by atoms with Crippen LogP contribution in [0.3, 0.4) is 0 Å². The normalized spacial score (nSPS) is 17.7. The number of allylic oxidation sites excluding steroid dienone is 1. The minimum atomic E-state index is -0.00428. The van der Waals surface area contributed by atoms with Crippen molar-refractivity contribution in [1.82, 2.24) is 0 Å². The number of carbonyl (C=O) groups excluding carboxylic acids is 1. The lowest BCUT2D eigenvalue weighted by atomic mass is 9.76. The Kier molecular flexibility index (Phi) is 4.76. The monoisotopic (exact) mass is 222 g/mol. The molecule has 1 nitrogen and oxygen atoms in total. The van der Waals surface area contributed by atoms with Crippen LogP contribution in [0.25, 0.3) is 0 Å². The number of ketones is 1. The van der Waals surface area contributed by atoms with Crippen molar-refractivity contribution in [1.29, 1.82) is 0 Å². The average Bonchev–Trinajstić information content (AvgIpc) is 2.69. The number of hydrogen-bond donors (Lipinski definition) is 0. The molecule has 0 amide bonds. The molecule has 1 saturated carbocycles. The molecule has 0 heterocycles. The summed E-state index contributed by atoms with van der Waals surface area (Å²) in [6.45, 7) is 10.5. The summed E-state index contributed by atoms with van der Waals surface area (Å²) in [5, 5.41) is 0. The Hall–Kier alpha value is -0.590. The summed E-state index contributed by atoms with van der Waals surface area (Å²) in [5.74, 6) is 1.20. The highest BCUT2D eigenvalue weighted by Gasteiger charge is 2.27. The molecule has 0 N–H and O–H groups in total. The van der Waals surface area contributed by atoms with Gasteiger partial charge in [-0.3, -0.25) is 4.79 Å². The molecule has 0 radical (unpaired) electrons. The largest absolute Gasteiger partial charge is 0.300 e. The third-order valence-corrected chi connectivity index (χ3v) is 4.00. The Bertz CT molecular complexity index is 257. The summed E-state index contributed by atoms with van der Waals surface area (Å²) >= 11 is 0. The van der Waals surface area contributed by atoms with Gasteiger partial charge in [0.2, 0.25) is 0 Å². The van der Waals surface area contributed by atoms with E-state index in [2.05, 4.69) is 20.4 Å². The highest BCUT2D eigenvalue weighted by molar-refractivity contribution is 5.79. The molecule has 0 saturated heterocycles. The molecule has 0 unspecified atom stereocenters. The molecule has 1 rings (SSSR count). The molecule has 1 fully saturated rings. The molecule has 92 valence electrons. The summed E-state index contributed by atoms with van der Waals surface area (Å²) in [6.07, 6.45) is 7.92. The summed E-state index contributed by atoms with van der Waals surface area (Å²) in [6, 6.07) is 0. The summed E-state index contributed by atoms with van der Waals surface area (Å²) < 4.78 is 0. The van der Waals surface area contributed by atoms with Gasteiger partial charge in [0.05, 0.1) is 0 Å². The Balaban J connectivity index is 2.46. The van der Waals surface area contributed by atoms with E-state index < -0.39 is 0 Å². The van der Waals surface area contributed by atoms with Crippen LogP contribution < -0.4 is 0 Å². The minimum absolute atomic E-state index is 0.00428. The van der Waals surface area contributed by atoms with E-state index >= 15 is 0 Å². The molecule has 1 aliphatic rings. The van der Waals surface area contributed by atoms with E-state index in [4.69, 9.17) is 0 Å². The third-order valence-electron chi connectivity index (χ3n) is 4.00. The topological polar surface area (TPSA) is 17.1 Å². The Morgan fingerprint density at radius 2 is 1.88 bits per heavy atom. The molecule has 1 heteroatoms. The second-order valence-corrected chi connectivity index (χ2v) is 5.91. The first-order valence-electron chi connectivity index (χ1n) is 6.65. The van der Waals surface area contributed by atoms with Crippen LogP contribution in [-0.2, 0) is 4.79 Å². The highest BCUT2D eigenvalue weighted by Crippen LogP contribution is 2.38. The van der Waals surface area contributed by atoms with Crippen LogP contribution in [0.2, 0.25) is 0 Å². The lowest BCUT2D eigenvalue weighted by molar-refractivity contribution is -0.120. The van der Waals surface area contributed by atoms with E-state index in [9.17, 15) is 4.79 Å². The van der Waals surface area contributed by atoms with Crippen molar-refractivity contribution in [3.05, 3.63) is 12.2 Å². The van der Waals surface area contributed by atoms with Crippen LogP contribution in [0.5, 0.6) is 0 Å². The van der Waals surface area contributed by atoms with Crippen LogP contribution in [0.15, 0.2) is 12.2 Å². The first-order chi connectivity index (χ1) is 7.45. The van der Waals surface area contributed by atoms with Gasteiger partial charge in [-0.25, -0.2) is 0 Å². The van der Waals surface area contributed by atoms with Crippen molar-refractivity contribution >= 4 is 5.78 Å². The van der Waals surface area contributed by atoms with Gasteiger partial charge in [0.1, 0.15) is 5.78 Å². The molecule has 0 aromatic rings. The third kappa shape index (κ3) is 3.77. The average molecular weight is 222 g/mol. The maximum absolute atomic E-state index is 11.5. The fourth-order valence-electron chi connectivity index (χ4n) is 2.58. The zero-order chi connectivity index (χ0) is 12.2. The highest BCUT2D eigenvalue weighted by atomic mass is 16.1. The van der Waals surface area contributed by atoms with Gasteiger partial charge < -0.3 is 0 Å². The van der Waals surface area contributed by atoms with Gasteiger partial charge in [-0.05, 0) is 17.8 Å².